The summed E-state index contributed by atoms with van der Waals surface area (Å²) in [5.74, 6) is -0.550. The molecule has 2 aromatic heterocycles. The molecule has 2 aliphatic heterocycles. The van der Waals surface area contributed by atoms with Crippen molar-refractivity contribution in [3.63, 3.8) is 0 Å². The highest BCUT2D eigenvalue weighted by Gasteiger charge is 2.52. The normalized spacial score (nSPS) is 25.8. The van der Waals surface area contributed by atoms with Gasteiger partial charge in [-0.1, -0.05) is 65.0 Å². The van der Waals surface area contributed by atoms with E-state index in [4.69, 9.17) is 30.5 Å². The van der Waals surface area contributed by atoms with E-state index in [0.717, 1.165) is 10.0 Å². The Morgan fingerprint density at radius 2 is 2.02 bits per heavy atom. The summed E-state index contributed by atoms with van der Waals surface area (Å²) in [6, 6.07) is 17.5. The van der Waals surface area contributed by atoms with Crippen molar-refractivity contribution in [2.75, 3.05) is 13.7 Å². The first-order valence-electron chi connectivity index (χ1n) is 12.5. The Morgan fingerprint density at radius 3 is 2.78 bits per heavy atom. The molecule has 13 heteroatoms. The number of ether oxygens (including phenoxy) is 4. The van der Waals surface area contributed by atoms with Gasteiger partial charge in [-0.05, 0) is 34.1 Å². The van der Waals surface area contributed by atoms with Gasteiger partial charge in [-0.3, -0.25) is 0 Å². The molecule has 0 radical (unpaired) electrons. The average Bonchev–Trinajstić information content (AvgIpc) is 3.48. The molecular weight excluding hydrogens is 637 g/mol. The number of nitrogens with zero attached hydrogens (tertiary/aromatic N) is 5. The molecule has 4 unspecified atom stereocenters. The Hall–Kier alpha value is -2.89. The number of pyridine rings is 1. The topological polar surface area (TPSA) is 104 Å². The SMILES string of the molecule is COC1C(n2cc(-c3ccc(Cl)c(F)c3)nn2)[C@H]2OC(c3ccccc3)OCC2O[C@@H]1Sc1cc(Br)cnc1C#N. The van der Waals surface area contributed by atoms with E-state index in [1.54, 1.807) is 30.3 Å². The van der Waals surface area contributed by atoms with Crippen molar-refractivity contribution in [1.82, 2.24) is 20.0 Å². The number of halogens is 3. The molecule has 0 amide bonds. The summed E-state index contributed by atoms with van der Waals surface area (Å²) in [6.07, 6.45) is 1.04. The summed E-state index contributed by atoms with van der Waals surface area (Å²) in [5.41, 5.74) is 1.52. The average molecular weight is 659 g/mol. The minimum absolute atomic E-state index is 0.0223. The van der Waals surface area contributed by atoms with Gasteiger partial charge in [0, 0.05) is 33.8 Å². The number of aromatic nitrogens is 4. The van der Waals surface area contributed by atoms with Crippen LogP contribution in [0.2, 0.25) is 5.02 Å². The van der Waals surface area contributed by atoms with Crippen molar-refractivity contribution in [1.29, 1.82) is 5.26 Å². The number of hydrogen-bond donors (Lipinski definition) is 0. The fourth-order valence-corrected chi connectivity index (χ4v) is 6.78. The van der Waals surface area contributed by atoms with Gasteiger partial charge < -0.3 is 18.9 Å². The fraction of sp³-hybridized carbons (Fsp3) is 0.286. The van der Waals surface area contributed by atoms with Crippen LogP contribution in [0.15, 0.2) is 76.4 Å². The van der Waals surface area contributed by atoms with Gasteiger partial charge >= 0.3 is 0 Å². The first-order valence-corrected chi connectivity index (χ1v) is 14.6. The molecule has 6 atom stereocenters. The van der Waals surface area contributed by atoms with E-state index in [9.17, 15) is 9.65 Å². The largest absolute Gasteiger partial charge is 0.375 e. The van der Waals surface area contributed by atoms with Crippen molar-refractivity contribution in [2.45, 2.75) is 41.0 Å². The van der Waals surface area contributed by atoms with Gasteiger partial charge in [0.1, 0.15) is 47.4 Å². The minimum Gasteiger partial charge on any atom is -0.375 e. The number of thioether (sulfide) groups is 1. The van der Waals surface area contributed by atoms with Crippen LogP contribution in [0.5, 0.6) is 0 Å². The standard InChI is InChI=1S/C28H22BrClFN5O4S/c1-37-26-24(36-13-21(34-35-36)16-7-8-18(30)19(31)9-16)25-22(14-38-27(40-25)15-5-3-2-4-6-15)39-28(26)41-23-10-17(29)12-33-20(23)11-32/h2-10,12-13,22,24-28H,14H2,1H3/t22?,24?,25-,26?,27?,28+/m0/s1. The van der Waals surface area contributed by atoms with Crippen LogP contribution in [-0.4, -0.2) is 57.4 Å². The van der Waals surface area contributed by atoms with Crippen LogP contribution in [0.25, 0.3) is 11.3 Å². The highest BCUT2D eigenvalue weighted by atomic mass is 79.9. The van der Waals surface area contributed by atoms with Crippen LogP contribution in [0, 0.1) is 17.1 Å². The van der Waals surface area contributed by atoms with Crippen molar-refractivity contribution in [3.8, 4) is 17.3 Å². The quantitative estimate of drug-likeness (QED) is 0.248. The number of hydrogen-bond acceptors (Lipinski definition) is 9. The van der Waals surface area contributed by atoms with Crippen LogP contribution < -0.4 is 0 Å². The molecule has 0 bridgehead atoms. The summed E-state index contributed by atoms with van der Waals surface area (Å²) >= 11 is 10.6. The van der Waals surface area contributed by atoms with Crippen molar-refractivity contribution in [3.05, 3.63) is 93.6 Å². The second-order valence-corrected chi connectivity index (χ2v) is 11.8. The van der Waals surface area contributed by atoms with Crippen LogP contribution in [-0.2, 0) is 18.9 Å². The van der Waals surface area contributed by atoms with Gasteiger partial charge in [-0.2, -0.15) is 5.26 Å². The third-order valence-electron chi connectivity index (χ3n) is 6.85. The molecule has 2 aromatic carbocycles. The Morgan fingerprint density at radius 1 is 1.20 bits per heavy atom. The lowest BCUT2D eigenvalue weighted by molar-refractivity contribution is -0.308. The third-order valence-corrected chi connectivity index (χ3v) is 8.77. The number of benzene rings is 2. The first kappa shape index (κ1) is 28.2. The van der Waals surface area contributed by atoms with E-state index in [-0.39, 0.29) is 17.3 Å². The Bertz CT molecular complexity index is 1590. The smallest absolute Gasteiger partial charge is 0.184 e. The molecule has 4 heterocycles. The molecule has 0 spiro atoms. The molecule has 4 aromatic rings. The van der Waals surface area contributed by atoms with Crippen molar-refractivity contribution >= 4 is 39.3 Å². The predicted octanol–water partition coefficient (Wildman–Crippen LogP) is 5.95. The van der Waals surface area contributed by atoms with Gasteiger partial charge in [0.05, 0.1) is 17.8 Å². The van der Waals surface area contributed by atoms with Gasteiger partial charge in [0.25, 0.3) is 0 Å². The van der Waals surface area contributed by atoms with E-state index in [0.29, 0.717) is 16.2 Å². The lowest BCUT2D eigenvalue weighted by Gasteiger charge is -2.48. The lowest BCUT2D eigenvalue weighted by Crippen LogP contribution is -2.59. The lowest BCUT2D eigenvalue weighted by atomic mass is 9.95. The maximum Gasteiger partial charge on any atom is 0.184 e. The number of rotatable bonds is 6. The Kier molecular flexibility index (Phi) is 8.37. The second-order valence-electron chi connectivity index (χ2n) is 9.35. The summed E-state index contributed by atoms with van der Waals surface area (Å²) < 4.78 is 41.8. The van der Waals surface area contributed by atoms with Gasteiger partial charge in [0.15, 0.2) is 12.0 Å². The van der Waals surface area contributed by atoms with Crippen molar-refractivity contribution < 1.29 is 23.3 Å². The maximum absolute atomic E-state index is 14.2. The molecule has 210 valence electrons. The summed E-state index contributed by atoms with van der Waals surface area (Å²) in [5, 5.41) is 18.4. The fourth-order valence-electron chi connectivity index (χ4n) is 4.92. The Balaban J connectivity index is 1.38. The molecule has 2 aliphatic rings. The van der Waals surface area contributed by atoms with Crippen LogP contribution >= 0.6 is 39.3 Å². The van der Waals surface area contributed by atoms with Gasteiger partial charge in [0.2, 0.25) is 0 Å². The zero-order chi connectivity index (χ0) is 28.5. The third kappa shape index (κ3) is 5.76. The van der Waals surface area contributed by atoms with E-state index in [1.165, 1.54) is 23.9 Å². The molecule has 2 fully saturated rings. The molecule has 0 saturated carbocycles. The van der Waals surface area contributed by atoms with Gasteiger partial charge in [-0.25, -0.2) is 14.1 Å². The van der Waals surface area contributed by atoms with E-state index < -0.39 is 41.9 Å². The van der Waals surface area contributed by atoms with Crippen LogP contribution in [0.3, 0.4) is 0 Å². The predicted molar refractivity (Wildman–Crippen MR) is 151 cm³/mol. The molecule has 0 aliphatic carbocycles. The minimum atomic E-state index is -0.627. The zero-order valence-corrected chi connectivity index (χ0v) is 24.6. The number of methoxy groups -OCH3 is 1. The molecule has 0 N–H and O–H groups in total. The molecule has 9 nitrogen and oxygen atoms in total. The van der Waals surface area contributed by atoms with Crippen LogP contribution in [0.1, 0.15) is 23.6 Å². The summed E-state index contributed by atoms with van der Waals surface area (Å²) in [7, 11) is 1.58. The maximum atomic E-state index is 14.2. The monoisotopic (exact) mass is 657 g/mol. The van der Waals surface area contributed by atoms with Crippen molar-refractivity contribution in [2.24, 2.45) is 0 Å². The number of fused-ring (bicyclic) bond motifs is 1. The molecular formula is C28H22BrClFN5O4S. The number of nitriles is 1. The second kappa shape index (κ2) is 12.1. The molecule has 6 rings (SSSR count). The van der Waals surface area contributed by atoms with Gasteiger partial charge in [-0.15, -0.1) is 5.10 Å². The summed E-state index contributed by atoms with van der Waals surface area (Å²) in [6.45, 7) is 0.250. The highest BCUT2D eigenvalue weighted by molar-refractivity contribution is 9.10. The van der Waals surface area contributed by atoms with E-state index in [2.05, 4.69) is 37.3 Å². The van der Waals surface area contributed by atoms with Crippen LogP contribution in [0.4, 0.5) is 4.39 Å². The highest BCUT2D eigenvalue weighted by Crippen LogP contribution is 2.45. The first-order chi connectivity index (χ1) is 19.9. The van der Waals surface area contributed by atoms with E-state index >= 15 is 0 Å². The van der Waals surface area contributed by atoms with E-state index in [1.807, 2.05) is 36.4 Å². The molecule has 41 heavy (non-hydrogen) atoms. The molecule has 2 saturated heterocycles. The summed E-state index contributed by atoms with van der Waals surface area (Å²) in [4.78, 5) is 4.85. The zero-order valence-electron chi connectivity index (χ0n) is 21.4. The Labute approximate surface area is 252 Å².